The van der Waals surface area contributed by atoms with Crippen LogP contribution in [0.3, 0.4) is 0 Å². The van der Waals surface area contributed by atoms with Gasteiger partial charge in [-0.3, -0.25) is 9.78 Å². The molecule has 2 amide bonds. The molecular weight excluding hydrogens is 470 g/mol. The van der Waals surface area contributed by atoms with E-state index >= 15 is 0 Å². The van der Waals surface area contributed by atoms with Gasteiger partial charge in [0.1, 0.15) is 5.60 Å². The van der Waals surface area contributed by atoms with E-state index in [1.165, 1.54) is 0 Å². The van der Waals surface area contributed by atoms with E-state index in [-0.39, 0.29) is 34.7 Å². The summed E-state index contributed by atoms with van der Waals surface area (Å²) in [5, 5.41) is 0. The van der Waals surface area contributed by atoms with E-state index in [4.69, 9.17) is 19.2 Å². The van der Waals surface area contributed by atoms with Crippen molar-refractivity contribution >= 4 is 12.0 Å². The Morgan fingerprint density at radius 3 is 2.43 bits per heavy atom. The van der Waals surface area contributed by atoms with Gasteiger partial charge in [0.05, 0.1) is 18.9 Å². The highest BCUT2D eigenvalue weighted by atomic mass is 16.6. The molecule has 1 aromatic rings. The van der Waals surface area contributed by atoms with Gasteiger partial charge >= 0.3 is 6.09 Å². The molecule has 1 aliphatic carbocycles. The molecule has 4 heterocycles. The van der Waals surface area contributed by atoms with Gasteiger partial charge < -0.3 is 24.0 Å². The number of nitrogens with zero attached hydrogens (tertiary/aromatic N) is 3. The van der Waals surface area contributed by atoms with Crippen molar-refractivity contribution in [3.8, 4) is 0 Å². The lowest BCUT2D eigenvalue weighted by molar-refractivity contribution is -0.148. The molecule has 0 bridgehead atoms. The van der Waals surface area contributed by atoms with Crippen LogP contribution in [0.25, 0.3) is 0 Å². The fraction of sp³-hybridized carbons (Fsp3) is 0.759. The van der Waals surface area contributed by atoms with E-state index in [0.29, 0.717) is 45.3 Å². The van der Waals surface area contributed by atoms with Gasteiger partial charge in [-0.15, -0.1) is 0 Å². The number of aromatic nitrogens is 1. The number of carbonyl (C=O) groups excluding carboxylic acids is 2. The lowest BCUT2D eigenvalue weighted by Gasteiger charge is -2.51. The smallest absolute Gasteiger partial charge is 0.410 e. The van der Waals surface area contributed by atoms with Crippen LogP contribution in [0.5, 0.6) is 0 Å². The predicted molar refractivity (Wildman–Crippen MR) is 139 cm³/mol. The van der Waals surface area contributed by atoms with Gasteiger partial charge in [0.2, 0.25) is 5.91 Å². The lowest BCUT2D eigenvalue weighted by Crippen LogP contribution is -2.63. The van der Waals surface area contributed by atoms with Gasteiger partial charge in [0.25, 0.3) is 0 Å². The van der Waals surface area contributed by atoms with Crippen LogP contribution in [0.1, 0.15) is 71.2 Å². The largest absolute Gasteiger partial charge is 0.444 e. The van der Waals surface area contributed by atoms with Crippen molar-refractivity contribution in [1.29, 1.82) is 0 Å². The molecule has 5 rings (SSSR count). The van der Waals surface area contributed by atoms with Crippen LogP contribution in [0, 0.1) is 22.7 Å². The Morgan fingerprint density at radius 1 is 1.11 bits per heavy atom. The first-order valence-corrected chi connectivity index (χ1v) is 13.8. The molecule has 2 atom stereocenters. The van der Waals surface area contributed by atoms with E-state index in [1.807, 2.05) is 36.6 Å². The van der Waals surface area contributed by atoms with Crippen molar-refractivity contribution in [2.45, 2.75) is 72.0 Å². The molecule has 8 heteroatoms. The number of amides is 2. The molecular formula is C29H43N3O5. The zero-order valence-corrected chi connectivity index (χ0v) is 23.1. The van der Waals surface area contributed by atoms with E-state index in [2.05, 4.69) is 26.0 Å². The highest BCUT2D eigenvalue weighted by Gasteiger charge is 2.60. The summed E-state index contributed by atoms with van der Waals surface area (Å²) in [6, 6.07) is 6.18. The van der Waals surface area contributed by atoms with Gasteiger partial charge in [0.15, 0.2) is 0 Å². The minimum absolute atomic E-state index is 0.118. The minimum atomic E-state index is -0.543. The summed E-state index contributed by atoms with van der Waals surface area (Å²) >= 11 is 0. The minimum Gasteiger partial charge on any atom is -0.444 e. The van der Waals surface area contributed by atoms with Crippen LogP contribution < -0.4 is 0 Å². The molecule has 37 heavy (non-hydrogen) atoms. The summed E-state index contributed by atoms with van der Waals surface area (Å²) in [5.74, 6) is 0.996. The first-order valence-electron chi connectivity index (χ1n) is 13.8. The molecule has 0 radical (unpaired) electrons. The van der Waals surface area contributed by atoms with Crippen molar-refractivity contribution in [3.05, 3.63) is 29.6 Å². The third-order valence-corrected chi connectivity index (χ3v) is 8.64. The Kier molecular flexibility index (Phi) is 7.03. The molecule has 204 valence electrons. The number of likely N-dealkylation sites (tertiary alicyclic amines) is 2. The van der Waals surface area contributed by atoms with Crippen LogP contribution in [0.4, 0.5) is 4.79 Å². The summed E-state index contributed by atoms with van der Waals surface area (Å²) in [5.41, 5.74) is 1.49. The third-order valence-electron chi connectivity index (χ3n) is 8.64. The number of hydrogen-bond donors (Lipinski definition) is 0. The van der Waals surface area contributed by atoms with Crippen LogP contribution in [0.2, 0.25) is 0 Å². The molecule has 1 aromatic heterocycles. The van der Waals surface area contributed by atoms with Crippen molar-refractivity contribution < 1.29 is 23.8 Å². The molecule has 0 aromatic carbocycles. The van der Waals surface area contributed by atoms with Gasteiger partial charge in [-0.25, -0.2) is 4.79 Å². The molecule has 4 fully saturated rings. The van der Waals surface area contributed by atoms with Crippen LogP contribution in [-0.4, -0.2) is 78.4 Å². The lowest BCUT2D eigenvalue weighted by atomic mass is 9.71. The van der Waals surface area contributed by atoms with Gasteiger partial charge in [0, 0.05) is 68.3 Å². The van der Waals surface area contributed by atoms with Crippen LogP contribution in [-0.2, 0) is 25.6 Å². The molecule has 4 aliphatic rings. The Labute approximate surface area is 221 Å². The van der Waals surface area contributed by atoms with E-state index in [9.17, 15) is 9.59 Å². The Bertz CT molecular complexity index is 1010. The Balaban J connectivity index is 1.21. The van der Waals surface area contributed by atoms with Crippen molar-refractivity contribution in [2.24, 2.45) is 22.7 Å². The van der Waals surface area contributed by atoms with Crippen LogP contribution in [0.15, 0.2) is 18.2 Å². The molecule has 8 nitrogen and oxygen atoms in total. The number of rotatable bonds is 6. The second kappa shape index (κ2) is 9.84. The fourth-order valence-corrected chi connectivity index (χ4v) is 6.17. The fourth-order valence-electron chi connectivity index (χ4n) is 6.17. The van der Waals surface area contributed by atoms with Crippen molar-refractivity contribution in [2.75, 3.05) is 46.0 Å². The first-order chi connectivity index (χ1) is 17.5. The SMILES string of the molecule is CC(C)(C)OC(=O)N1CC(COCc2cccc(C3CCOCC3)n2)C2(C1)CN(C(=O)[C@H]1CC1(C)C)C2. The molecule has 1 unspecified atom stereocenters. The summed E-state index contributed by atoms with van der Waals surface area (Å²) in [4.78, 5) is 34.6. The van der Waals surface area contributed by atoms with E-state index in [1.54, 1.807) is 0 Å². The van der Waals surface area contributed by atoms with Crippen molar-refractivity contribution in [3.63, 3.8) is 0 Å². The maximum atomic E-state index is 13.0. The predicted octanol–water partition coefficient (Wildman–Crippen LogP) is 4.23. The Morgan fingerprint density at radius 2 is 1.78 bits per heavy atom. The summed E-state index contributed by atoms with van der Waals surface area (Å²) in [6.07, 6.45) is 2.70. The van der Waals surface area contributed by atoms with E-state index < -0.39 is 5.60 Å². The topological polar surface area (TPSA) is 81.2 Å². The van der Waals surface area contributed by atoms with Gasteiger partial charge in [-0.2, -0.15) is 0 Å². The normalized spacial score (nSPS) is 26.7. The molecule has 1 spiro atoms. The maximum absolute atomic E-state index is 13.0. The maximum Gasteiger partial charge on any atom is 0.410 e. The average molecular weight is 514 g/mol. The number of hydrogen-bond acceptors (Lipinski definition) is 6. The number of ether oxygens (including phenoxy) is 3. The van der Waals surface area contributed by atoms with Crippen LogP contribution >= 0.6 is 0 Å². The van der Waals surface area contributed by atoms with E-state index in [0.717, 1.165) is 43.9 Å². The summed E-state index contributed by atoms with van der Waals surface area (Å²) in [6.45, 7) is 15.1. The van der Waals surface area contributed by atoms with Gasteiger partial charge in [-0.1, -0.05) is 19.9 Å². The highest BCUT2D eigenvalue weighted by molar-refractivity contribution is 5.83. The monoisotopic (exact) mass is 513 g/mol. The molecule has 0 N–H and O–H groups in total. The first kappa shape index (κ1) is 26.4. The van der Waals surface area contributed by atoms with Crippen molar-refractivity contribution in [1.82, 2.24) is 14.8 Å². The summed E-state index contributed by atoms with van der Waals surface area (Å²) < 4.78 is 17.4. The third kappa shape index (κ3) is 5.80. The standard InChI is InChI=1S/C29H43N3O5/c1-27(2,3)37-26(34)31-14-21(29(17-31)18-32(19-29)25(33)23-13-28(23,4)5)15-36-16-22-7-6-8-24(30-22)20-9-11-35-12-10-20/h6-8,20-21,23H,9-19H2,1-5H3/t21?,23-/m1/s1. The average Bonchev–Trinajstić information content (AvgIpc) is 3.29. The molecule has 3 saturated heterocycles. The zero-order chi connectivity index (χ0) is 26.4. The second-order valence-corrected chi connectivity index (χ2v) is 13.3. The quantitative estimate of drug-likeness (QED) is 0.566. The van der Waals surface area contributed by atoms with Gasteiger partial charge in [-0.05, 0) is 57.6 Å². The second-order valence-electron chi connectivity index (χ2n) is 13.3. The number of pyridine rings is 1. The highest BCUT2D eigenvalue weighted by Crippen LogP contribution is 2.54. The molecule has 1 saturated carbocycles. The summed E-state index contributed by atoms with van der Waals surface area (Å²) in [7, 11) is 0. The zero-order valence-electron chi connectivity index (χ0n) is 23.1. The molecule has 3 aliphatic heterocycles. The number of carbonyl (C=O) groups is 2. The Hall–Kier alpha value is -2.19.